The summed E-state index contributed by atoms with van der Waals surface area (Å²) in [6, 6.07) is 6.30. The van der Waals surface area contributed by atoms with E-state index in [4.69, 9.17) is 18.0 Å². The van der Waals surface area contributed by atoms with Crippen LogP contribution >= 0.6 is 24.0 Å². The molecule has 0 aliphatic carbocycles. The number of rotatable bonds is 2. The molecule has 1 atom stereocenters. The Balaban J connectivity index is 2.35. The van der Waals surface area contributed by atoms with Crippen LogP contribution in [-0.2, 0) is 0 Å². The quantitative estimate of drug-likeness (QED) is 0.833. The molecule has 1 aliphatic rings. The topological polar surface area (TPSA) is 29.3 Å². The Morgan fingerprint density at radius 3 is 2.94 bits per heavy atom. The third kappa shape index (κ3) is 2.93. The number of anilines is 1. The van der Waals surface area contributed by atoms with Gasteiger partial charge in [-0.25, -0.2) is 0 Å². The highest BCUT2D eigenvalue weighted by molar-refractivity contribution is 8.00. The maximum absolute atomic E-state index is 5.81. The van der Waals surface area contributed by atoms with Gasteiger partial charge in [0.1, 0.15) is 4.99 Å². The molecule has 0 saturated carbocycles. The summed E-state index contributed by atoms with van der Waals surface area (Å²) in [5, 5.41) is 0.670. The molecule has 2 nitrogen and oxygen atoms in total. The minimum Gasteiger partial charge on any atom is -0.389 e. The normalized spacial score (nSPS) is 20.4. The van der Waals surface area contributed by atoms with Crippen LogP contribution in [0.15, 0.2) is 18.2 Å². The highest BCUT2D eigenvalue weighted by Gasteiger charge is 2.19. The largest absolute Gasteiger partial charge is 0.389 e. The van der Waals surface area contributed by atoms with Crippen molar-refractivity contribution in [3.8, 4) is 0 Å². The van der Waals surface area contributed by atoms with E-state index in [1.54, 1.807) is 0 Å². The van der Waals surface area contributed by atoms with Crippen LogP contribution in [0, 0.1) is 6.92 Å². The molecule has 92 valence electrons. The van der Waals surface area contributed by atoms with Crippen LogP contribution in [0.3, 0.4) is 0 Å². The van der Waals surface area contributed by atoms with Gasteiger partial charge in [0, 0.05) is 35.3 Å². The summed E-state index contributed by atoms with van der Waals surface area (Å²) in [5.41, 5.74) is 9.26. The van der Waals surface area contributed by atoms with Crippen LogP contribution in [0.4, 0.5) is 5.69 Å². The van der Waals surface area contributed by atoms with Crippen molar-refractivity contribution in [3.63, 3.8) is 0 Å². The van der Waals surface area contributed by atoms with Crippen LogP contribution in [0.1, 0.15) is 18.1 Å². The molecule has 1 heterocycles. The molecule has 4 heteroatoms. The molecule has 1 saturated heterocycles. The number of thiocarbonyl (C=S) groups is 1. The van der Waals surface area contributed by atoms with E-state index in [1.165, 1.54) is 17.0 Å². The Morgan fingerprint density at radius 1 is 1.53 bits per heavy atom. The van der Waals surface area contributed by atoms with Crippen molar-refractivity contribution >= 4 is 34.7 Å². The van der Waals surface area contributed by atoms with E-state index in [-0.39, 0.29) is 0 Å². The lowest BCUT2D eigenvalue weighted by Crippen LogP contribution is -2.37. The van der Waals surface area contributed by atoms with Crippen molar-refractivity contribution in [2.24, 2.45) is 5.73 Å². The van der Waals surface area contributed by atoms with Crippen molar-refractivity contribution < 1.29 is 0 Å². The summed E-state index contributed by atoms with van der Waals surface area (Å²) >= 11 is 7.17. The first-order valence-corrected chi connectivity index (χ1v) is 7.30. The molecular weight excluding hydrogens is 248 g/mol. The lowest BCUT2D eigenvalue weighted by atomic mass is 10.1. The fraction of sp³-hybridized carbons (Fsp3) is 0.462. The first kappa shape index (κ1) is 12.7. The number of aryl methyl sites for hydroxylation is 1. The number of hydrogen-bond acceptors (Lipinski definition) is 3. The second-order valence-electron chi connectivity index (χ2n) is 4.51. The standard InChI is InChI=1S/C13H18N2S2/c1-9-3-4-11(13(14)16)12(7-9)15-5-6-17-10(2)8-15/h3-4,7,10H,5-6,8H2,1-2H3,(H2,14,16). The molecule has 1 aromatic carbocycles. The summed E-state index contributed by atoms with van der Waals surface area (Å²) in [5.74, 6) is 1.17. The maximum atomic E-state index is 5.81. The van der Waals surface area contributed by atoms with Crippen LogP contribution in [0.2, 0.25) is 0 Å². The van der Waals surface area contributed by atoms with Crippen LogP contribution in [-0.4, -0.2) is 29.1 Å². The van der Waals surface area contributed by atoms with E-state index in [0.717, 1.165) is 18.7 Å². The van der Waals surface area contributed by atoms with Gasteiger partial charge in [-0.1, -0.05) is 25.2 Å². The van der Waals surface area contributed by atoms with E-state index in [0.29, 0.717) is 10.2 Å². The Bertz CT molecular complexity index is 431. The summed E-state index contributed by atoms with van der Waals surface area (Å²) in [7, 11) is 0. The van der Waals surface area contributed by atoms with Gasteiger partial charge in [-0.15, -0.1) is 0 Å². The van der Waals surface area contributed by atoms with Crippen LogP contribution in [0.25, 0.3) is 0 Å². The molecule has 17 heavy (non-hydrogen) atoms. The zero-order valence-electron chi connectivity index (χ0n) is 10.3. The highest BCUT2D eigenvalue weighted by atomic mass is 32.2. The average Bonchev–Trinajstić information content (AvgIpc) is 2.28. The summed E-state index contributed by atoms with van der Waals surface area (Å²) < 4.78 is 0. The van der Waals surface area contributed by atoms with Gasteiger partial charge in [0.05, 0.1) is 0 Å². The van der Waals surface area contributed by atoms with Gasteiger partial charge in [0.25, 0.3) is 0 Å². The fourth-order valence-electron chi connectivity index (χ4n) is 2.15. The Kier molecular flexibility index (Phi) is 3.94. The highest BCUT2D eigenvalue weighted by Crippen LogP contribution is 2.27. The number of thioether (sulfide) groups is 1. The second kappa shape index (κ2) is 5.27. The van der Waals surface area contributed by atoms with Crippen molar-refractivity contribution in [1.82, 2.24) is 0 Å². The van der Waals surface area contributed by atoms with Gasteiger partial charge in [0.15, 0.2) is 0 Å². The lowest BCUT2D eigenvalue weighted by Gasteiger charge is -2.33. The molecule has 2 N–H and O–H groups in total. The minimum absolute atomic E-state index is 0.492. The van der Waals surface area contributed by atoms with Gasteiger partial charge in [-0.3, -0.25) is 0 Å². The second-order valence-corrected chi connectivity index (χ2v) is 6.50. The number of benzene rings is 1. The lowest BCUT2D eigenvalue weighted by molar-refractivity contribution is 0.782. The Labute approximate surface area is 113 Å². The first-order valence-electron chi connectivity index (χ1n) is 5.85. The smallest absolute Gasteiger partial charge is 0.106 e. The SMILES string of the molecule is Cc1ccc(C(N)=S)c(N2CCSC(C)C2)c1. The zero-order valence-corrected chi connectivity index (χ0v) is 11.9. The third-order valence-corrected chi connectivity index (χ3v) is 4.36. The van der Waals surface area contributed by atoms with Gasteiger partial charge in [-0.2, -0.15) is 11.8 Å². The molecule has 1 aliphatic heterocycles. The van der Waals surface area contributed by atoms with Crippen LogP contribution in [0.5, 0.6) is 0 Å². The average molecular weight is 266 g/mol. The van der Waals surface area contributed by atoms with E-state index >= 15 is 0 Å². The van der Waals surface area contributed by atoms with Gasteiger partial charge in [-0.05, 0) is 24.6 Å². The number of nitrogens with zero attached hydrogens (tertiary/aromatic N) is 1. The van der Waals surface area contributed by atoms with E-state index in [1.807, 2.05) is 17.8 Å². The summed E-state index contributed by atoms with van der Waals surface area (Å²) in [4.78, 5) is 2.90. The maximum Gasteiger partial charge on any atom is 0.106 e. The molecule has 0 spiro atoms. The van der Waals surface area contributed by atoms with Crippen molar-refractivity contribution in [3.05, 3.63) is 29.3 Å². The molecule has 0 amide bonds. The summed E-state index contributed by atoms with van der Waals surface area (Å²) in [6.07, 6.45) is 0. The van der Waals surface area contributed by atoms with Gasteiger partial charge >= 0.3 is 0 Å². The number of nitrogens with two attached hydrogens (primary N) is 1. The molecule has 1 aromatic rings. The van der Waals surface area contributed by atoms with Gasteiger partial charge in [0.2, 0.25) is 0 Å². The molecule has 1 unspecified atom stereocenters. The van der Waals surface area contributed by atoms with Crippen molar-refractivity contribution in [2.45, 2.75) is 19.1 Å². The molecule has 1 fully saturated rings. The van der Waals surface area contributed by atoms with Gasteiger partial charge < -0.3 is 10.6 Å². The Morgan fingerprint density at radius 2 is 2.29 bits per heavy atom. The molecule has 0 bridgehead atoms. The van der Waals surface area contributed by atoms with E-state index < -0.39 is 0 Å². The Hall–Kier alpha value is -0.740. The monoisotopic (exact) mass is 266 g/mol. The minimum atomic E-state index is 0.492. The fourth-order valence-corrected chi connectivity index (χ4v) is 3.34. The van der Waals surface area contributed by atoms with Crippen LogP contribution < -0.4 is 10.6 Å². The molecule has 0 aromatic heterocycles. The molecule has 2 rings (SSSR count). The molecular formula is C13H18N2S2. The zero-order chi connectivity index (χ0) is 12.4. The summed E-state index contributed by atoms with van der Waals surface area (Å²) in [6.45, 7) is 6.53. The number of hydrogen-bond donors (Lipinski definition) is 1. The van der Waals surface area contributed by atoms with E-state index in [9.17, 15) is 0 Å². The van der Waals surface area contributed by atoms with Crippen molar-refractivity contribution in [1.29, 1.82) is 0 Å². The predicted octanol–water partition coefficient (Wildman–Crippen LogP) is 2.57. The third-order valence-electron chi connectivity index (χ3n) is 3.00. The predicted molar refractivity (Wildman–Crippen MR) is 81.2 cm³/mol. The van der Waals surface area contributed by atoms with Crippen molar-refractivity contribution in [2.75, 3.05) is 23.7 Å². The molecule has 0 radical (unpaired) electrons. The van der Waals surface area contributed by atoms with E-state index in [2.05, 4.69) is 30.9 Å². The first-order chi connectivity index (χ1) is 8.08.